The molecular formula is C14H26N2O4. The zero-order valence-electron chi connectivity index (χ0n) is 12.6. The third kappa shape index (κ3) is 4.10. The van der Waals surface area contributed by atoms with E-state index in [1.807, 2.05) is 0 Å². The fraction of sp³-hybridized carbons (Fsp3) is 0.857. The van der Waals surface area contributed by atoms with Gasteiger partial charge in [-0.1, -0.05) is 13.8 Å². The third-order valence-electron chi connectivity index (χ3n) is 4.43. The summed E-state index contributed by atoms with van der Waals surface area (Å²) < 4.78 is 4.87. The minimum absolute atomic E-state index is 0.197. The Morgan fingerprint density at radius 2 is 2.05 bits per heavy atom. The maximum absolute atomic E-state index is 12.2. The summed E-state index contributed by atoms with van der Waals surface area (Å²) in [5.74, 6) is -1.02. The van der Waals surface area contributed by atoms with Gasteiger partial charge in [-0.15, -0.1) is 0 Å². The Morgan fingerprint density at radius 3 is 2.50 bits per heavy atom. The van der Waals surface area contributed by atoms with Crippen LogP contribution in [0.2, 0.25) is 0 Å². The topological polar surface area (TPSA) is 78.9 Å². The Bertz CT molecular complexity index is 342. The first-order valence-corrected chi connectivity index (χ1v) is 7.25. The molecule has 1 unspecified atom stereocenters. The number of hydrogen-bond donors (Lipinski definition) is 2. The molecule has 1 atom stereocenters. The van der Waals surface area contributed by atoms with Gasteiger partial charge in [0.25, 0.3) is 0 Å². The fourth-order valence-electron chi connectivity index (χ4n) is 2.67. The van der Waals surface area contributed by atoms with Gasteiger partial charge in [0.2, 0.25) is 0 Å². The number of carbonyl (C=O) groups excluding carboxylic acids is 1. The van der Waals surface area contributed by atoms with Crippen LogP contribution in [0.3, 0.4) is 0 Å². The molecule has 116 valence electrons. The normalized spacial score (nSPS) is 18.9. The Balaban J connectivity index is 2.55. The van der Waals surface area contributed by atoms with Gasteiger partial charge < -0.3 is 20.1 Å². The van der Waals surface area contributed by atoms with Crippen LogP contribution in [0.15, 0.2) is 0 Å². The van der Waals surface area contributed by atoms with E-state index in [4.69, 9.17) is 9.84 Å². The second kappa shape index (κ2) is 7.47. The van der Waals surface area contributed by atoms with Gasteiger partial charge in [0.1, 0.15) is 6.04 Å². The number of carboxylic acid groups (broad SMARTS) is 1. The number of hydrogen-bond acceptors (Lipinski definition) is 3. The second-order valence-corrected chi connectivity index (χ2v) is 5.50. The number of ether oxygens (including phenoxy) is 1. The monoisotopic (exact) mass is 286 g/mol. The molecule has 0 radical (unpaired) electrons. The third-order valence-corrected chi connectivity index (χ3v) is 4.43. The average molecular weight is 286 g/mol. The largest absolute Gasteiger partial charge is 0.480 e. The quantitative estimate of drug-likeness (QED) is 0.746. The minimum Gasteiger partial charge on any atom is -0.480 e. The molecule has 1 heterocycles. The van der Waals surface area contributed by atoms with Gasteiger partial charge >= 0.3 is 12.0 Å². The van der Waals surface area contributed by atoms with Crippen molar-refractivity contribution in [2.24, 2.45) is 5.41 Å². The number of carboxylic acids is 1. The zero-order valence-corrected chi connectivity index (χ0v) is 12.6. The van der Waals surface area contributed by atoms with Crippen molar-refractivity contribution in [3.05, 3.63) is 0 Å². The van der Waals surface area contributed by atoms with Crippen molar-refractivity contribution in [3.8, 4) is 0 Å². The van der Waals surface area contributed by atoms with E-state index in [1.54, 1.807) is 4.90 Å². The van der Waals surface area contributed by atoms with Crippen molar-refractivity contribution in [2.75, 3.05) is 26.8 Å². The van der Waals surface area contributed by atoms with Crippen LogP contribution in [0.5, 0.6) is 0 Å². The molecule has 0 spiro atoms. The van der Waals surface area contributed by atoms with E-state index < -0.39 is 12.0 Å². The molecular weight excluding hydrogens is 260 g/mol. The van der Waals surface area contributed by atoms with Gasteiger partial charge in [-0.3, -0.25) is 0 Å². The first-order valence-electron chi connectivity index (χ1n) is 7.25. The van der Waals surface area contributed by atoms with Crippen molar-refractivity contribution in [3.63, 3.8) is 0 Å². The maximum atomic E-state index is 12.2. The van der Waals surface area contributed by atoms with Crippen LogP contribution in [0.1, 0.15) is 39.5 Å². The van der Waals surface area contributed by atoms with E-state index in [2.05, 4.69) is 19.2 Å². The van der Waals surface area contributed by atoms with Crippen molar-refractivity contribution < 1.29 is 19.4 Å². The molecule has 1 aliphatic rings. The predicted molar refractivity (Wildman–Crippen MR) is 75.7 cm³/mol. The predicted octanol–water partition coefficient (Wildman–Crippen LogP) is 1.70. The number of aliphatic carboxylic acids is 1. The van der Waals surface area contributed by atoms with Gasteiger partial charge in [0.05, 0.1) is 0 Å². The molecule has 6 nitrogen and oxygen atoms in total. The van der Waals surface area contributed by atoms with E-state index in [1.165, 1.54) is 7.11 Å². The summed E-state index contributed by atoms with van der Waals surface area (Å²) in [6.45, 7) is 6.00. The van der Waals surface area contributed by atoms with Crippen molar-refractivity contribution >= 4 is 12.0 Å². The lowest BCUT2D eigenvalue weighted by atomic mass is 9.82. The molecule has 6 heteroatoms. The summed E-state index contributed by atoms with van der Waals surface area (Å²) in [6, 6.07) is -1.17. The highest BCUT2D eigenvalue weighted by Gasteiger charge is 2.37. The zero-order chi connectivity index (χ0) is 15.2. The number of rotatable bonds is 7. The average Bonchev–Trinajstić information content (AvgIpc) is 2.88. The Hall–Kier alpha value is -1.30. The SMILES string of the molecule is CCC1(CC)CCN(C(=O)NC(CCOC)C(=O)O)C1. The molecule has 0 aromatic rings. The van der Waals surface area contributed by atoms with Crippen molar-refractivity contribution in [2.45, 2.75) is 45.6 Å². The first kappa shape index (κ1) is 16.8. The van der Waals surface area contributed by atoms with Gasteiger partial charge in [-0.2, -0.15) is 0 Å². The van der Waals surface area contributed by atoms with Crippen LogP contribution in [-0.2, 0) is 9.53 Å². The standard InChI is InChI=1S/C14H26N2O4/c1-4-14(5-2)7-8-16(10-14)13(19)15-11(12(17)18)6-9-20-3/h11H,4-10H2,1-3H3,(H,15,19)(H,17,18). The Labute approximate surface area is 120 Å². The number of nitrogens with zero attached hydrogens (tertiary/aromatic N) is 1. The molecule has 1 aliphatic heterocycles. The second-order valence-electron chi connectivity index (χ2n) is 5.50. The summed E-state index contributed by atoms with van der Waals surface area (Å²) in [5, 5.41) is 11.7. The van der Waals surface area contributed by atoms with E-state index in [0.29, 0.717) is 19.7 Å². The first-order chi connectivity index (χ1) is 9.48. The maximum Gasteiger partial charge on any atom is 0.326 e. The highest BCUT2D eigenvalue weighted by Crippen LogP contribution is 2.36. The van der Waals surface area contributed by atoms with Crippen LogP contribution >= 0.6 is 0 Å². The van der Waals surface area contributed by atoms with Gasteiger partial charge in [-0.05, 0) is 24.7 Å². The van der Waals surface area contributed by atoms with E-state index in [-0.39, 0.29) is 17.9 Å². The van der Waals surface area contributed by atoms with E-state index >= 15 is 0 Å². The summed E-state index contributed by atoms with van der Waals surface area (Å²) in [4.78, 5) is 25.0. The lowest BCUT2D eigenvalue weighted by Crippen LogP contribution is -2.48. The molecule has 0 bridgehead atoms. The Kier molecular flexibility index (Phi) is 6.26. The molecule has 2 N–H and O–H groups in total. The van der Waals surface area contributed by atoms with E-state index in [0.717, 1.165) is 19.3 Å². The van der Waals surface area contributed by atoms with Crippen molar-refractivity contribution in [1.29, 1.82) is 0 Å². The van der Waals surface area contributed by atoms with Gasteiger partial charge in [0.15, 0.2) is 0 Å². The number of methoxy groups -OCH3 is 1. The number of urea groups is 1. The molecule has 0 saturated carbocycles. The lowest BCUT2D eigenvalue weighted by Gasteiger charge is -2.27. The summed E-state index contributed by atoms with van der Waals surface area (Å²) >= 11 is 0. The van der Waals surface area contributed by atoms with Gasteiger partial charge in [-0.25, -0.2) is 9.59 Å². The Morgan fingerprint density at radius 1 is 1.40 bits per heavy atom. The highest BCUT2D eigenvalue weighted by molar-refractivity contribution is 5.82. The molecule has 0 aromatic heterocycles. The molecule has 2 amide bonds. The lowest BCUT2D eigenvalue weighted by molar-refractivity contribution is -0.139. The van der Waals surface area contributed by atoms with Crippen LogP contribution in [-0.4, -0.2) is 54.9 Å². The molecule has 0 aromatic carbocycles. The molecule has 0 aliphatic carbocycles. The number of likely N-dealkylation sites (tertiary alicyclic amines) is 1. The summed E-state index contributed by atoms with van der Waals surface area (Å²) in [7, 11) is 1.51. The van der Waals surface area contributed by atoms with Crippen LogP contribution in [0, 0.1) is 5.41 Å². The number of carbonyl (C=O) groups is 2. The summed E-state index contributed by atoms with van der Waals surface area (Å²) in [6.07, 6.45) is 3.35. The fourth-order valence-corrected chi connectivity index (χ4v) is 2.67. The van der Waals surface area contributed by atoms with Crippen molar-refractivity contribution in [1.82, 2.24) is 10.2 Å². The van der Waals surface area contributed by atoms with E-state index in [9.17, 15) is 9.59 Å². The van der Waals surface area contributed by atoms with Crippen LogP contribution in [0.4, 0.5) is 4.79 Å². The molecule has 1 fully saturated rings. The molecule has 1 rings (SSSR count). The van der Waals surface area contributed by atoms with Gasteiger partial charge in [0, 0.05) is 33.2 Å². The van der Waals surface area contributed by atoms with Crippen LogP contribution < -0.4 is 5.32 Å². The van der Waals surface area contributed by atoms with Crippen LogP contribution in [0.25, 0.3) is 0 Å². The molecule has 1 saturated heterocycles. The molecule has 20 heavy (non-hydrogen) atoms. The smallest absolute Gasteiger partial charge is 0.326 e. The number of amides is 2. The highest BCUT2D eigenvalue weighted by atomic mass is 16.5. The summed E-state index contributed by atoms with van der Waals surface area (Å²) in [5.41, 5.74) is 0.197. The number of nitrogens with one attached hydrogen (secondary N) is 1. The minimum atomic E-state index is -1.02.